The molecule has 0 saturated carbocycles. The van der Waals surface area contributed by atoms with Gasteiger partial charge in [0.15, 0.2) is 0 Å². The molecule has 2 N–H and O–H groups in total. The van der Waals surface area contributed by atoms with Gasteiger partial charge in [0.25, 0.3) is 11.8 Å². The highest BCUT2D eigenvalue weighted by molar-refractivity contribution is 6.49. The van der Waals surface area contributed by atoms with Crippen molar-refractivity contribution in [2.24, 2.45) is 0 Å². The maximum Gasteiger partial charge on any atom is 0.349 e. The molecule has 0 aromatic heterocycles. The summed E-state index contributed by atoms with van der Waals surface area (Å²) in [5.74, 6) is -7.27. The number of imide groups is 1. The summed E-state index contributed by atoms with van der Waals surface area (Å²) < 4.78 is 29.8. The van der Waals surface area contributed by atoms with Crippen molar-refractivity contribution in [3.8, 4) is 0 Å². The number of piperidine rings is 1. The van der Waals surface area contributed by atoms with Crippen molar-refractivity contribution in [1.29, 1.82) is 0 Å². The summed E-state index contributed by atoms with van der Waals surface area (Å²) in [6.45, 7) is 0. The largest absolute Gasteiger partial charge is 0.352 e. The quantitative estimate of drug-likeness (QED) is 0.311. The Balaban J connectivity index is 1.67. The van der Waals surface area contributed by atoms with Crippen molar-refractivity contribution < 1.29 is 28.0 Å². The van der Waals surface area contributed by atoms with Crippen LogP contribution >= 0.6 is 11.6 Å². The van der Waals surface area contributed by atoms with Crippen LogP contribution in [-0.4, -0.2) is 73.8 Å². The van der Waals surface area contributed by atoms with Gasteiger partial charge in [-0.2, -0.15) is 8.78 Å². The van der Waals surface area contributed by atoms with E-state index in [1.165, 1.54) is 17.0 Å². The van der Waals surface area contributed by atoms with Crippen molar-refractivity contribution in [2.75, 3.05) is 0 Å². The average molecular weight is 521 g/mol. The number of alkyl halides is 2. The van der Waals surface area contributed by atoms with Gasteiger partial charge < -0.3 is 10.2 Å². The number of nitrogens with one attached hydrogen (secondary N) is 2. The Morgan fingerprint density at radius 1 is 1.19 bits per heavy atom. The van der Waals surface area contributed by atoms with Crippen LogP contribution in [0.15, 0.2) is 30.3 Å². The molecule has 2 aromatic rings. The van der Waals surface area contributed by atoms with Crippen molar-refractivity contribution in [3.05, 3.63) is 57.6 Å². The first kappa shape index (κ1) is 27.0. The second-order valence-corrected chi connectivity index (χ2v) is 10.6. The molecule has 1 saturated heterocycles. The van der Waals surface area contributed by atoms with Gasteiger partial charge in [0.05, 0.1) is 0 Å². The van der Waals surface area contributed by atoms with E-state index in [1.54, 1.807) is 29.6 Å². The van der Waals surface area contributed by atoms with Gasteiger partial charge in [0.1, 0.15) is 45.3 Å². The molecule has 2 unspecified atom stereocenters. The van der Waals surface area contributed by atoms with Crippen molar-refractivity contribution in [1.82, 2.24) is 15.5 Å². The van der Waals surface area contributed by atoms with Crippen LogP contribution in [0.5, 0.6) is 0 Å². The predicted octanol–water partition coefficient (Wildman–Crippen LogP) is -3.97. The van der Waals surface area contributed by atoms with E-state index in [9.17, 15) is 28.0 Å². The van der Waals surface area contributed by atoms with Gasteiger partial charge in [-0.05, 0) is 29.7 Å². The van der Waals surface area contributed by atoms with Gasteiger partial charge in [-0.3, -0.25) is 24.5 Å². The number of carbonyl (C=O) groups excluding carboxylic acids is 4. The SMILES string of the molecule is Bc1cc2c(c(B)c1C(B)NC(=O)C(F)(F)c1ccc(Cl)cc1)C(B)(B)N(C1CCC(=O)NC1=O)C2=O. The number of rotatable bonds is 5. The van der Waals surface area contributed by atoms with Crippen molar-refractivity contribution >= 4 is 85.4 Å². The van der Waals surface area contributed by atoms with Crippen LogP contribution in [0.2, 0.25) is 5.02 Å². The predicted molar refractivity (Wildman–Crippen MR) is 149 cm³/mol. The minimum absolute atomic E-state index is 0.126. The summed E-state index contributed by atoms with van der Waals surface area (Å²) in [5, 5.41) is 4.09. The van der Waals surface area contributed by atoms with Gasteiger partial charge in [-0.15, -0.1) is 0 Å². The molecule has 2 heterocycles. The second-order valence-electron chi connectivity index (χ2n) is 10.1. The average Bonchev–Trinajstić information content (AvgIpc) is 2.99. The maximum absolute atomic E-state index is 14.9. The second kappa shape index (κ2) is 9.38. The Hall–Kier alpha value is -3.01. The molecule has 2 atom stereocenters. The lowest BCUT2D eigenvalue weighted by Crippen LogP contribution is -2.59. The summed E-state index contributed by atoms with van der Waals surface area (Å²) in [4.78, 5) is 51.9. The molecule has 0 spiro atoms. The highest BCUT2D eigenvalue weighted by Crippen LogP contribution is 2.37. The first-order valence-electron chi connectivity index (χ1n) is 11.9. The topological polar surface area (TPSA) is 95.6 Å². The standard InChI is InChI=1S/C22H23B5ClF2N3O4/c23-11-7-10-15(22(26,27)33(19(10)36)12-5-6-13(34)31-18(12)35)16(24)14(11)17(25)32-20(37)21(29,30)8-1-3-9(28)4-2-8/h1-4,7,12,17H,5-6,23-27H2,(H,32,37)(H,31,34,35). The normalized spacial score (nSPS) is 19.8. The van der Waals surface area contributed by atoms with E-state index >= 15 is 0 Å². The van der Waals surface area contributed by atoms with Gasteiger partial charge in [0.2, 0.25) is 11.8 Å². The Morgan fingerprint density at radius 2 is 1.81 bits per heavy atom. The number of hydrogen-bond acceptors (Lipinski definition) is 4. The minimum Gasteiger partial charge on any atom is -0.352 e. The van der Waals surface area contributed by atoms with E-state index in [2.05, 4.69) is 10.6 Å². The molecule has 4 rings (SSSR count). The van der Waals surface area contributed by atoms with Crippen LogP contribution in [0.1, 0.15) is 45.8 Å². The van der Waals surface area contributed by atoms with E-state index in [-0.39, 0.29) is 29.7 Å². The summed E-state index contributed by atoms with van der Waals surface area (Å²) in [6, 6.07) is 5.67. The summed E-state index contributed by atoms with van der Waals surface area (Å²) in [7, 11) is 8.76. The first-order chi connectivity index (χ1) is 17.2. The van der Waals surface area contributed by atoms with Crippen LogP contribution in [0.4, 0.5) is 8.78 Å². The molecule has 1 fully saturated rings. The van der Waals surface area contributed by atoms with Gasteiger partial charge in [0, 0.05) is 33.8 Å². The molecular weight excluding hydrogens is 498 g/mol. The number of amides is 4. The van der Waals surface area contributed by atoms with E-state index in [0.717, 1.165) is 12.1 Å². The lowest BCUT2D eigenvalue weighted by Gasteiger charge is -2.40. The van der Waals surface area contributed by atoms with Crippen LogP contribution in [0.25, 0.3) is 0 Å². The van der Waals surface area contributed by atoms with E-state index in [1.807, 2.05) is 15.7 Å². The summed E-state index contributed by atoms with van der Waals surface area (Å²) >= 11 is 5.78. The van der Waals surface area contributed by atoms with Crippen molar-refractivity contribution in [3.63, 3.8) is 0 Å². The number of benzene rings is 2. The fraction of sp³-hybridized carbons (Fsp3) is 0.273. The fourth-order valence-corrected chi connectivity index (χ4v) is 5.86. The molecule has 2 aromatic carbocycles. The number of carbonyl (C=O) groups is 4. The molecule has 186 valence electrons. The molecule has 2 aliphatic heterocycles. The lowest BCUT2D eigenvalue weighted by atomic mass is 9.54. The van der Waals surface area contributed by atoms with Gasteiger partial charge in [-0.25, -0.2) is 0 Å². The maximum atomic E-state index is 14.9. The Kier molecular flexibility index (Phi) is 6.86. The number of halogens is 3. The smallest absolute Gasteiger partial charge is 0.349 e. The minimum atomic E-state index is -3.78. The monoisotopic (exact) mass is 521 g/mol. The first-order valence-corrected chi connectivity index (χ1v) is 12.3. The van der Waals surface area contributed by atoms with E-state index in [0.29, 0.717) is 27.6 Å². The van der Waals surface area contributed by atoms with Crippen molar-refractivity contribution in [2.45, 2.75) is 36.1 Å². The third-order valence-electron chi connectivity index (χ3n) is 7.29. The molecule has 0 radical (unpaired) electrons. The van der Waals surface area contributed by atoms with Crippen LogP contribution in [-0.2, 0) is 25.6 Å². The van der Waals surface area contributed by atoms with Crippen LogP contribution in [0.3, 0.4) is 0 Å². The Morgan fingerprint density at radius 3 is 2.41 bits per heavy atom. The lowest BCUT2D eigenvalue weighted by molar-refractivity contribution is -0.147. The highest BCUT2D eigenvalue weighted by atomic mass is 35.5. The molecular formula is C22H23B5ClF2N3O4. The molecule has 0 bridgehead atoms. The van der Waals surface area contributed by atoms with E-state index in [4.69, 9.17) is 11.6 Å². The van der Waals surface area contributed by atoms with Crippen LogP contribution in [0, 0.1) is 0 Å². The van der Waals surface area contributed by atoms with E-state index < -0.39 is 40.6 Å². The fourth-order valence-electron chi connectivity index (χ4n) is 5.74. The zero-order valence-corrected chi connectivity index (χ0v) is 21.9. The zero-order valence-electron chi connectivity index (χ0n) is 21.2. The molecule has 15 heteroatoms. The molecule has 4 amide bonds. The number of nitrogens with zero attached hydrogens (tertiary/aromatic N) is 1. The third kappa shape index (κ3) is 4.49. The molecule has 7 nitrogen and oxygen atoms in total. The summed E-state index contributed by atoms with van der Waals surface area (Å²) in [6.07, 6.45) is 0.339. The molecule has 0 aliphatic carbocycles. The van der Waals surface area contributed by atoms with Gasteiger partial charge >= 0.3 is 5.92 Å². The third-order valence-corrected chi connectivity index (χ3v) is 7.54. The molecule has 2 aliphatic rings. The Labute approximate surface area is 222 Å². The zero-order chi connectivity index (χ0) is 27.4. The number of hydrogen-bond donors (Lipinski definition) is 2. The van der Waals surface area contributed by atoms with Gasteiger partial charge in [-0.1, -0.05) is 40.7 Å². The summed E-state index contributed by atoms with van der Waals surface area (Å²) in [5.41, 5.74) is 2.53. The van der Waals surface area contributed by atoms with Crippen LogP contribution < -0.4 is 21.6 Å². The Bertz CT molecular complexity index is 1340. The number of fused-ring (bicyclic) bond motifs is 1. The highest BCUT2D eigenvalue weighted by Gasteiger charge is 2.50. The molecule has 37 heavy (non-hydrogen) atoms.